The van der Waals surface area contributed by atoms with E-state index >= 15 is 0 Å². The Bertz CT molecular complexity index is 211. The Hall–Kier alpha value is -1.10. The van der Waals surface area contributed by atoms with Crippen molar-refractivity contribution >= 4 is 11.9 Å². The van der Waals surface area contributed by atoms with Crippen molar-refractivity contribution in [3.05, 3.63) is 0 Å². The van der Waals surface area contributed by atoms with Crippen LogP contribution in [0.15, 0.2) is 0 Å². The summed E-state index contributed by atoms with van der Waals surface area (Å²) in [5.41, 5.74) is 0. The fourth-order valence-electron chi connectivity index (χ4n) is 1.28. The lowest BCUT2D eigenvalue weighted by Crippen LogP contribution is -2.46. The van der Waals surface area contributed by atoms with E-state index in [-0.39, 0.29) is 11.9 Å². The standard InChI is InChI=1S/C8H14N2O3/c1-5(8(12)13)10-7(11)6-3-2-4-9-6/h5-6,9H,2-4H2,1H3,(H,10,11)(H,12,13)/t5-,6?/m0/s1. The van der Waals surface area contributed by atoms with Gasteiger partial charge in [0.2, 0.25) is 5.91 Å². The van der Waals surface area contributed by atoms with Gasteiger partial charge in [-0.3, -0.25) is 9.59 Å². The zero-order valence-corrected chi connectivity index (χ0v) is 7.54. The van der Waals surface area contributed by atoms with Gasteiger partial charge in [-0.1, -0.05) is 0 Å². The van der Waals surface area contributed by atoms with E-state index < -0.39 is 12.0 Å². The summed E-state index contributed by atoms with van der Waals surface area (Å²) in [5, 5.41) is 14.0. The number of hydrogen-bond acceptors (Lipinski definition) is 3. The van der Waals surface area contributed by atoms with E-state index in [1.807, 2.05) is 0 Å². The molecule has 0 aromatic carbocycles. The van der Waals surface area contributed by atoms with Crippen molar-refractivity contribution in [1.82, 2.24) is 10.6 Å². The van der Waals surface area contributed by atoms with E-state index in [9.17, 15) is 9.59 Å². The molecule has 0 saturated carbocycles. The van der Waals surface area contributed by atoms with Gasteiger partial charge in [-0.2, -0.15) is 0 Å². The first-order valence-electron chi connectivity index (χ1n) is 4.38. The summed E-state index contributed by atoms with van der Waals surface area (Å²) in [5.74, 6) is -1.22. The Morgan fingerprint density at radius 1 is 1.62 bits per heavy atom. The third-order valence-corrected chi connectivity index (χ3v) is 2.11. The SMILES string of the molecule is C[C@H](NC(=O)C1CCCN1)C(=O)O. The number of hydrogen-bond donors (Lipinski definition) is 3. The van der Waals surface area contributed by atoms with Crippen LogP contribution in [0, 0.1) is 0 Å². The van der Waals surface area contributed by atoms with Crippen molar-refractivity contribution in [2.24, 2.45) is 0 Å². The Morgan fingerprint density at radius 2 is 2.31 bits per heavy atom. The topological polar surface area (TPSA) is 78.4 Å². The largest absolute Gasteiger partial charge is 0.480 e. The highest BCUT2D eigenvalue weighted by Gasteiger charge is 2.24. The van der Waals surface area contributed by atoms with Crippen LogP contribution in [-0.2, 0) is 9.59 Å². The van der Waals surface area contributed by atoms with Gasteiger partial charge in [-0.25, -0.2) is 0 Å². The van der Waals surface area contributed by atoms with E-state index in [0.717, 1.165) is 19.4 Å². The predicted octanol–water partition coefficient (Wildman–Crippen LogP) is -0.672. The Morgan fingerprint density at radius 3 is 2.77 bits per heavy atom. The second-order valence-corrected chi connectivity index (χ2v) is 3.22. The molecule has 0 aliphatic carbocycles. The molecule has 0 aromatic rings. The minimum absolute atomic E-state index is 0.207. The average Bonchev–Trinajstić information content (AvgIpc) is 2.55. The zero-order valence-electron chi connectivity index (χ0n) is 7.54. The second-order valence-electron chi connectivity index (χ2n) is 3.22. The van der Waals surface area contributed by atoms with Crippen molar-refractivity contribution < 1.29 is 14.7 Å². The van der Waals surface area contributed by atoms with E-state index in [4.69, 9.17) is 5.11 Å². The molecule has 1 rings (SSSR count). The summed E-state index contributed by atoms with van der Waals surface area (Å²) in [6.07, 6.45) is 1.76. The summed E-state index contributed by atoms with van der Waals surface area (Å²) < 4.78 is 0. The molecule has 0 radical (unpaired) electrons. The van der Waals surface area contributed by atoms with Crippen molar-refractivity contribution in [3.63, 3.8) is 0 Å². The third kappa shape index (κ3) is 2.69. The summed E-state index contributed by atoms with van der Waals surface area (Å²) in [6.45, 7) is 2.29. The molecule has 1 amide bonds. The zero-order chi connectivity index (χ0) is 9.84. The maximum atomic E-state index is 11.3. The van der Waals surface area contributed by atoms with Gasteiger partial charge in [0.05, 0.1) is 6.04 Å². The van der Waals surface area contributed by atoms with Gasteiger partial charge in [-0.15, -0.1) is 0 Å². The Kier molecular flexibility index (Phi) is 3.25. The lowest BCUT2D eigenvalue weighted by atomic mass is 10.2. The summed E-state index contributed by atoms with van der Waals surface area (Å²) in [7, 11) is 0. The molecule has 5 nitrogen and oxygen atoms in total. The fraction of sp³-hybridized carbons (Fsp3) is 0.750. The highest BCUT2D eigenvalue weighted by Crippen LogP contribution is 2.04. The number of carboxylic acid groups (broad SMARTS) is 1. The number of carbonyl (C=O) groups is 2. The molecule has 0 bridgehead atoms. The normalized spacial score (nSPS) is 23.9. The summed E-state index contributed by atoms with van der Waals surface area (Å²) in [4.78, 5) is 21.7. The number of aliphatic carboxylic acids is 1. The molecule has 74 valence electrons. The van der Waals surface area contributed by atoms with Crippen LogP contribution in [0.3, 0.4) is 0 Å². The van der Waals surface area contributed by atoms with Crippen molar-refractivity contribution in [3.8, 4) is 0 Å². The highest BCUT2D eigenvalue weighted by atomic mass is 16.4. The molecule has 0 spiro atoms. The van der Waals surface area contributed by atoms with Crippen molar-refractivity contribution in [2.75, 3.05) is 6.54 Å². The van der Waals surface area contributed by atoms with Gasteiger partial charge in [-0.05, 0) is 26.3 Å². The van der Waals surface area contributed by atoms with Crippen LogP contribution >= 0.6 is 0 Å². The lowest BCUT2D eigenvalue weighted by molar-refractivity contribution is -0.141. The van der Waals surface area contributed by atoms with Gasteiger partial charge in [0.25, 0.3) is 0 Å². The van der Waals surface area contributed by atoms with Crippen LogP contribution in [0.4, 0.5) is 0 Å². The monoisotopic (exact) mass is 186 g/mol. The molecule has 2 atom stereocenters. The van der Waals surface area contributed by atoms with Gasteiger partial charge in [0, 0.05) is 0 Å². The summed E-state index contributed by atoms with van der Waals surface area (Å²) >= 11 is 0. The average molecular weight is 186 g/mol. The first-order chi connectivity index (χ1) is 6.11. The molecule has 1 aliphatic rings. The number of carbonyl (C=O) groups excluding carboxylic acids is 1. The molecule has 5 heteroatoms. The van der Waals surface area contributed by atoms with Crippen LogP contribution < -0.4 is 10.6 Å². The molecule has 0 aromatic heterocycles. The first-order valence-corrected chi connectivity index (χ1v) is 4.38. The number of carboxylic acids is 1. The van der Waals surface area contributed by atoms with Gasteiger partial charge in [0.15, 0.2) is 0 Å². The molecule has 1 fully saturated rings. The Labute approximate surface area is 76.5 Å². The second kappa shape index (κ2) is 4.23. The van der Waals surface area contributed by atoms with Crippen molar-refractivity contribution in [1.29, 1.82) is 0 Å². The highest BCUT2D eigenvalue weighted by molar-refractivity contribution is 5.86. The third-order valence-electron chi connectivity index (χ3n) is 2.11. The van der Waals surface area contributed by atoms with Gasteiger partial charge in [0.1, 0.15) is 6.04 Å². The lowest BCUT2D eigenvalue weighted by Gasteiger charge is -2.13. The molecule has 1 aliphatic heterocycles. The fourth-order valence-corrected chi connectivity index (χ4v) is 1.28. The number of nitrogens with one attached hydrogen (secondary N) is 2. The molecule has 1 unspecified atom stereocenters. The van der Waals surface area contributed by atoms with E-state index in [2.05, 4.69) is 10.6 Å². The number of rotatable bonds is 3. The maximum Gasteiger partial charge on any atom is 0.325 e. The van der Waals surface area contributed by atoms with Crippen LogP contribution in [0.5, 0.6) is 0 Å². The van der Waals surface area contributed by atoms with Gasteiger partial charge >= 0.3 is 5.97 Å². The van der Waals surface area contributed by atoms with Crippen molar-refractivity contribution in [2.45, 2.75) is 31.8 Å². The predicted molar refractivity (Wildman–Crippen MR) is 46.3 cm³/mol. The van der Waals surface area contributed by atoms with E-state index in [0.29, 0.717) is 0 Å². The molecule has 3 N–H and O–H groups in total. The quantitative estimate of drug-likeness (QED) is 0.546. The van der Waals surface area contributed by atoms with E-state index in [1.165, 1.54) is 6.92 Å². The van der Waals surface area contributed by atoms with Gasteiger partial charge < -0.3 is 15.7 Å². The number of amides is 1. The first kappa shape index (κ1) is 9.98. The van der Waals surface area contributed by atoms with Crippen LogP contribution in [0.25, 0.3) is 0 Å². The van der Waals surface area contributed by atoms with Crippen LogP contribution in [-0.4, -0.2) is 35.6 Å². The molecular formula is C8H14N2O3. The Balaban J connectivity index is 2.35. The molecule has 13 heavy (non-hydrogen) atoms. The maximum absolute atomic E-state index is 11.3. The minimum atomic E-state index is -1.01. The molecule has 1 saturated heterocycles. The smallest absolute Gasteiger partial charge is 0.325 e. The summed E-state index contributed by atoms with van der Waals surface area (Å²) in [6, 6.07) is -1.02. The molecule has 1 heterocycles. The minimum Gasteiger partial charge on any atom is -0.480 e. The van der Waals surface area contributed by atoms with Crippen LogP contribution in [0.2, 0.25) is 0 Å². The molecular weight excluding hydrogens is 172 g/mol. The van der Waals surface area contributed by atoms with Crippen LogP contribution in [0.1, 0.15) is 19.8 Å². The van der Waals surface area contributed by atoms with E-state index in [1.54, 1.807) is 0 Å².